The molecule has 0 radical (unpaired) electrons. The van der Waals surface area contributed by atoms with Crippen molar-refractivity contribution in [3.63, 3.8) is 0 Å². The number of likely N-dealkylation sites (tertiary alicyclic amines) is 1. The Morgan fingerprint density at radius 1 is 1.13 bits per heavy atom. The Labute approximate surface area is 140 Å². The molecule has 2 fully saturated rings. The molecule has 0 spiro atoms. The molecule has 1 aromatic heterocycles. The molecule has 2 aliphatic heterocycles. The predicted molar refractivity (Wildman–Crippen MR) is 86.9 cm³/mol. The van der Waals surface area contributed by atoms with Gasteiger partial charge in [-0.3, -0.25) is 4.79 Å². The fraction of sp³-hybridized carbons (Fsp3) is 0.467. The summed E-state index contributed by atoms with van der Waals surface area (Å²) in [6, 6.07) is 8.46. The number of rotatable bonds is 2. The van der Waals surface area contributed by atoms with Gasteiger partial charge in [0.2, 0.25) is 0 Å². The summed E-state index contributed by atoms with van der Waals surface area (Å²) >= 11 is 0. The van der Waals surface area contributed by atoms with E-state index in [9.17, 15) is 4.79 Å². The van der Waals surface area contributed by atoms with Crippen LogP contribution in [0, 0.1) is 0 Å². The average Bonchev–Trinajstić information content (AvgIpc) is 3.17. The molecule has 8 heteroatoms. The first-order valence-corrected chi connectivity index (χ1v) is 7.68. The topological polar surface area (TPSA) is 75.9 Å². The minimum atomic E-state index is 0. The van der Waals surface area contributed by atoms with Crippen molar-refractivity contribution in [1.29, 1.82) is 0 Å². The second kappa shape index (κ2) is 6.64. The third-order valence-corrected chi connectivity index (χ3v) is 4.54. The van der Waals surface area contributed by atoms with Crippen molar-refractivity contribution >= 4 is 18.3 Å². The van der Waals surface area contributed by atoms with Crippen LogP contribution in [0.15, 0.2) is 30.6 Å². The lowest BCUT2D eigenvalue weighted by molar-refractivity contribution is 0.0748. The largest absolute Gasteiger partial charge is 0.337 e. The highest BCUT2D eigenvalue weighted by Crippen LogP contribution is 2.21. The van der Waals surface area contributed by atoms with Gasteiger partial charge in [-0.1, -0.05) is 0 Å². The van der Waals surface area contributed by atoms with E-state index < -0.39 is 0 Å². The number of nitrogens with one attached hydrogen (secondary N) is 1. The van der Waals surface area contributed by atoms with Crippen LogP contribution in [0.5, 0.6) is 0 Å². The van der Waals surface area contributed by atoms with Gasteiger partial charge < -0.3 is 10.2 Å². The molecule has 2 unspecified atom stereocenters. The Kier molecular flexibility index (Phi) is 4.58. The Morgan fingerprint density at radius 2 is 1.91 bits per heavy atom. The normalized spacial score (nSPS) is 23.2. The Balaban J connectivity index is 0.00000156. The first kappa shape index (κ1) is 15.9. The second-order valence-electron chi connectivity index (χ2n) is 5.98. The number of aromatic nitrogens is 4. The molecule has 2 atom stereocenters. The van der Waals surface area contributed by atoms with Crippen LogP contribution in [0.1, 0.15) is 29.6 Å². The maximum atomic E-state index is 12.7. The molecule has 2 bridgehead atoms. The molecule has 1 aromatic carbocycles. The molecule has 1 amide bonds. The van der Waals surface area contributed by atoms with Crippen molar-refractivity contribution in [3.8, 4) is 5.69 Å². The lowest BCUT2D eigenvalue weighted by Gasteiger charge is -2.24. The third kappa shape index (κ3) is 3.20. The number of hydrogen-bond acceptors (Lipinski definition) is 5. The van der Waals surface area contributed by atoms with Gasteiger partial charge in [0, 0.05) is 30.7 Å². The van der Waals surface area contributed by atoms with Gasteiger partial charge in [-0.05, 0) is 54.0 Å². The van der Waals surface area contributed by atoms with Crippen molar-refractivity contribution in [2.75, 3.05) is 13.1 Å². The molecule has 0 saturated carbocycles. The van der Waals surface area contributed by atoms with Gasteiger partial charge in [-0.2, -0.15) is 0 Å². The van der Waals surface area contributed by atoms with Crippen LogP contribution in [0.2, 0.25) is 0 Å². The molecule has 23 heavy (non-hydrogen) atoms. The molecule has 7 nitrogen and oxygen atoms in total. The Bertz CT molecular complexity index is 659. The molecule has 122 valence electrons. The highest BCUT2D eigenvalue weighted by molar-refractivity contribution is 5.94. The lowest BCUT2D eigenvalue weighted by Crippen LogP contribution is -2.39. The number of benzene rings is 1. The van der Waals surface area contributed by atoms with E-state index in [-0.39, 0.29) is 18.3 Å². The van der Waals surface area contributed by atoms with Crippen molar-refractivity contribution < 1.29 is 4.79 Å². The van der Waals surface area contributed by atoms with Crippen LogP contribution in [0.25, 0.3) is 5.69 Å². The molecular formula is C15H19ClN6O. The molecule has 1 N–H and O–H groups in total. The van der Waals surface area contributed by atoms with Gasteiger partial charge in [-0.25, -0.2) is 4.68 Å². The number of nitrogens with zero attached hydrogens (tertiary/aromatic N) is 5. The number of amides is 1. The van der Waals surface area contributed by atoms with E-state index in [4.69, 9.17) is 0 Å². The van der Waals surface area contributed by atoms with E-state index in [1.807, 2.05) is 29.2 Å². The van der Waals surface area contributed by atoms with Gasteiger partial charge >= 0.3 is 0 Å². The molecule has 2 aliphatic rings. The summed E-state index contributed by atoms with van der Waals surface area (Å²) < 4.78 is 1.57. The van der Waals surface area contributed by atoms with E-state index >= 15 is 0 Å². The smallest absolute Gasteiger partial charge is 0.253 e. The third-order valence-electron chi connectivity index (χ3n) is 4.54. The number of halogens is 1. The van der Waals surface area contributed by atoms with Crippen LogP contribution in [-0.4, -0.2) is 56.2 Å². The van der Waals surface area contributed by atoms with Crippen molar-refractivity contribution in [2.24, 2.45) is 0 Å². The van der Waals surface area contributed by atoms with Crippen LogP contribution in [0.3, 0.4) is 0 Å². The maximum Gasteiger partial charge on any atom is 0.253 e. The minimum Gasteiger partial charge on any atom is -0.337 e. The standard InChI is InChI=1S/C15H18N6O.ClH/c22-15(20-8-7-12-3-4-13(9-20)17-12)11-1-5-14(6-2-11)21-10-16-18-19-21;/h1-2,5-6,10,12-13,17H,3-4,7-9H2;1H. The first-order chi connectivity index (χ1) is 10.8. The predicted octanol–water partition coefficient (Wildman–Crippen LogP) is 1.05. The van der Waals surface area contributed by atoms with E-state index in [1.165, 1.54) is 19.2 Å². The summed E-state index contributed by atoms with van der Waals surface area (Å²) in [5.41, 5.74) is 1.56. The van der Waals surface area contributed by atoms with Gasteiger partial charge in [0.25, 0.3) is 5.91 Å². The van der Waals surface area contributed by atoms with E-state index in [1.54, 1.807) is 4.68 Å². The SMILES string of the molecule is Cl.O=C(c1ccc(-n2cnnn2)cc1)N1CCC2CCC(C1)N2. The first-order valence-electron chi connectivity index (χ1n) is 7.68. The zero-order valence-electron chi connectivity index (χ0n) is 12.6. The van der Waals surface area contributed by atoms with E-state index in [2.05, 4.69) is 20.8 Å². The fourth-order valence-corrected chi connectivity index (χ4v) is 3.35. The Morgan fingerprint density at radius 3 is 2.65 bits per heavy atom. The zero-order valence-corrected chi connectivity index (χ0v) is 13.4. The summed E-state index contributed by atoms with van der Waals surface area (Å²) in [6.45, 7) is 1.64. The van der Waals surface area contributed by atoms with E-state index in [0.717, 1.165) is 30.8 Å². The molecule has 4 rings (SSSR count). The Hall–Kier alpha value is -1.99. The summed E-state index contributed by atoms with van der Waals surface area (Å²) in [4.78, 5) is 14.7. The summed E-state index contributed by atoms with van der Waals surface area (Å²) in [5.74, 6) is 0.109. The van der Waals surface area contributed by atoms with E-state index in [0.29, 0.717) is 12.1 Å². The van der Waals surface area contributed by atoms with Gasteiger partial charge in [0.05, 0.1) is 5.69 Å². The minimum absolute atomic E-state index is 0. The number of carbonyl (C=O) groups excluding carboxylic acids is 1. The second-order valence-corrected chi connectivity index (χ2v) is 5.98. The highest BCUT2D eigenvalue weighted by Gasteiger charge is 2.31. The van der Waals surface area contributed by atoms with Crippen molar-refractivity contribution in [2.45, 2.75) is 31.3 Å². The van der Waals surface area contributed by atoms with Gasteiger partial charge in [-0.15, -0.1) is 17.5 Å². The quantitative estimate of drug-likeness (QED) is 0.888. The number of carbonyl (C=O) groups is 1. The van der Waals surface area contributed by atoms with Crippen LogP contribution in [-0.2, 0) is 0 Å². The van der Waals surface area contributed by atoms with Crippen LogP contribution >= 0.6 is 12.4 Å². The lowest BCUT2D eigenvalue weighted by atomic mass is 10.1. The number of fused-ring (bicyclic) bond motifs is 2. The molecular weight excluding hydrogens is 316 g/mol. The summed E-state index contributed by atoms with van der Waals surface area (Å²) in [6.07, 6.45) is 5.00. The average molecular weight is 335 g/mol. The van der Waals surface area contributed by atoms with Crippen LogP contribution in [0.4, 0.5) is 0 Å². The van der Waals surface area contributed by atoms with Gasteiger partial charge in [0.1, 0.15) is 6.33 Å². The number of hydrogen-bond donors (Lipinski definition) is 1. The highest BCUT2D eigenvalue weighted by atomic mass is 35.5. The molecule has 3 heterocycles. The van der Waals surface area contributed by atoms with Gasteiger partial charge in [0.15, 0.2) is 0 Å². The summed E-state index contributed by atoms with van der Waals surface area (Å²) in [7, 11) is 0. The van der Waals surface area contributed by atoms with Crippen molar-refractivity contribution in [3.05, 3.63) is 36.2 Å². The maximum absolute atomic E-state index is 12.7. The molecule has 2 saturated heterocycles. The molecule has 0 aliphatic carbocycles. The summed E-state index contributed by atoms with van der Waals surface area (Å²) in [5, 5.41) is 14.7. The fourth-order valence-electron chi connectivity index (χ4n) is 3.35. The van der Waals surface area contributed by atoms with Crippen LogP contribution < -0.4 is 5.32 Å². The monoisotopic (exact) mass is 334 g/mol. The molecule has 2 aromatic rings. The number of tetrazole rings is 1. The van der Waals surface area contributed by atoms with Crippen molar-refractivity contribution in [1.82, 2.24) is 30.4 Å². The zero-order chi connectivity index (χ0) is 14.9.